The second-order valence-electron chi connectivity index (χ2n) is 4.22. The van der Waals surface area contributed by atoms with E-state index >= 15 is 0 Å². The molecule has 1 aromatic carbocycles. The molecular weight excluding hydrogens is 217 g/mol. The van der Waals surface area contributed by atoms with Gasteiger partial charge in [-0.1, -0.05) is 12.1 Å². The predicted molar refractivity (Wildman–Crippen MR) is 65.1 cm³/mol. The third-order valence-electron chi connectivity index (χ3n) is 2.82. The maximum absolute atomic E-state index is 13.0. The Morgan fingerprint density at radius 3 is 2.71 bits per heavy atom. The van der Waals surface area contributed by atoms with Gasteiger partial charge in [-0.2, -0.15) is 0 Å². The molecule has 0 spiro atoms. The first-order valence-corrected chi connectivity index (χ1v) is 5.75. The fourth-order valence-electron chi connectivity index (χ4n) is 1.95. The summed E-state index contributed by atoms with van der Waals surface area (Å²) in [7, 11) is 0. The maximum atomic E-state index is 13.0. The van der Waals surface area contributed by atoms with Crippen LogP contribution < -0.4 is 5.73 Å². The highest BCUT2D eigenvalue weighted by molar-refractivity contribution is 5.17. The standard InChI is InChI=1S/C14H16FNO/c15-13-4-1-3-11(8-13)7-12(10-16)9-14-5-2-6-17-14/h1-6,8,12H,7,9-10,16H2. The van der Waals surface area contributed by atoms with E-state index in [0.717, 1.165) is 24.2 Å². The molecule has 0 fully saturated rings. The van der Waals surface area contributed by atoms with Crippen LogP contribution in [0.5, 0.6) is 0 Å². The molecule has 1 atom stereocenters. The maximum Gasteiger partial charge on any atom is 0.123 e. The molecule has 0 aliphatic heterocycles. The Labute approximate surface area is 100 Å². The molecule has 0 amide bonds. The smallest absolute Gasteiger partial charge is 0.123 e. The van der Waals surface area contributed by atoms with Crippen molar-refractivity contribution in [2.75, 3.05) is 6.54 Å². The van der Waals surface area contributed by atoms with Gasteiger partial charge in [0.25, 0.3) is 0 Å². The second-order valence-corrected chi connectivity index (χ2v) is 4.22. The normalized spacial score (nSPS) is 12.6. The minimum absolute atomic E-state index is 0.198. The van der Waals surface area contributed by atoms with E-state index < -0.39 is 0 Å². The van der Waals surface area contributed by atoms with Crippen LogP contribution in [0.1, 0.15) is 11.3 Å². The summed E-state index contributed by atoms with van der Waals surface area (Å²) in [6.07, 6.45) is 3.22. The molecule has 0 aliphatic rings. The largest absolute Gasteiger partial charge is 0.469 e. The summed E-state index contributed by atoms with van der Waals surface area (Å²) in [4.78, 5) is 0. The molecule has 1 unspecified atom stereocenters. The first-order valence-electron chi connectivity index (χ1n) is 5.75. The van der Waals surface area contributed by atoms with Gasteiger partial charge in [0.15, 0.2) is 0 Å². The van der Waals surface area contributed by atoms with Gasteiger partial charge in [-0.15, -0.1) is 0 Å². The Bertz CT molecular complexity index is 453. The number of hydrogen-bond donors (Lipinski definition) is 1. The van der Waals surface area contributed by atoms with E-state index in [0.29, 0.717) is 6.54 Å². The molecule has 0 radical (unpaired) electrons. The highest BCUT2D eigenvalue weighted by atomic mass is 19.1. The summed E-state index contributed by atoms with van der Waals surface area (Å²) in [6, 6.07) is 10.5. The van der Waals surface area contributed by atoms with Crippen molar-refractivity contribution < 1.29 is 8.81 Å². The number of halogens is 1. The third-order valence-corrected chi connectivity index (χ3v) is 2.82. The van der Waals surface area contributed by atoms with E-state index in [9.17, 15) is 4.39 Å². The van der Waals surface area contributed by atoms with Gasteiger partial charge in [-0.3, -0.25) is 0 Å². The van der Waals surface area contributed by atoms with Gasteiger partial charge in [0.1, 0.15) is 11.6 Å². The Kier molecular flexibility index (Phi) is 3.94. The summed E-state index contributed by atoms with van der Waals surface area (Å²) in [5.41, 5.74) is 6.72. The average Bonchev–Trinajstić information content (AvgIpc) is 2.81. The number of hydrogen-bond acceptors (Lipinski definition) is 2. The predicted octanol–water partition coefficient (Wildman–Crippen LogP) is 2.78. The Morgan fingerprint density at radius 2 is 2.06 bits per heavy atom. The van der Waals surface area contributed by atoms with Crippen molar-refractivity contribution in [2.24, 2.45) is 11.7 Å². The molecule has 2 aromatic rings. The monoisotopic (exact) mass is 233 g/mol. The second kappa shape index (κ2) is 5.64. The van der Waals surface area contributed by atoms with Crippen molar-refractivity contribution >= 4 is 0 Å². The van der Waals surface area contributed by atoms with Crippen LogP contribution >= 0.6 is 0 Å². The molecule has 17 heavy (non-hydrogen) atoms. The van der Waals surface area contributed by atoms with Crippen molar-refractivity contribution in [3.63, 3.8) is 0 Å². The van der Waals surface area contributed by atoms with Crippen molar-refractivity contribution in [3.05, 3.63) is 59.8 Å². The molecule has 2 N–H and O–H groups in total. The number of furan rings is 1. The molecule has 2 nitrogen and oxygen atoms in total. The van der Waals surface area contributed by atoms with E-state index in [4.69, 9.17) is 10.2 Å². The van der Waals surface area contributed by atoms with Crippen molar-refractivity contribution in [1.29, 1.82) is 0 Å². The van der Waals surface area contributed by atoms with E-state index in [-0.39, 0.29) is 11.7 Å². The van der Waals surface area contributed by atoms with Gasteiger partial charge in [-0.05, 0) is 48.7 Å². The van der Waals surface area contributed by atoms with Gasteiger partial charge in [0.2, 0.25) is 0 Å². The first-order chi connectivity index (χ1) is 8.28. The topological polar surface area (TPSA) is 39.2 Å². The fourth-order valence-corrected chi connectivity index (χ4v) is 1.95. The average molecular weight is 233 g/mol. The zero-order chi connectivity index (χ0) is 12.1. The van der Waals surface area contributed by atoms with Gasteiger partial charge in [0.05, 0.1) is 6.26 Å². The number of nitrogens with two attached hydrogens (primary N) is 1. The lowest BCUT2D eigenvalue weighted by Crippen LogP contribution is -2.19. The quantitative estimate of drug-likeness (QED) is 0.862. The van der Waals surface area contributed by atoms with Gasteiger partial charge in [0, 0.05) is 6.42 Å². The van der Waals surface area contributed by atoms with Crippen molar-refractivity contribution in [1.82, 2.24) is 0 Å². The van der Waals surface area contributed by atoms with E-state index in [1.165, 1.54) is 6.07 Å². The van der Waals surface area contributed by atoms with Crippen molar-refractivity contribution in [2.45, 2.75) is 12.8 Å². The molecule has 1 aromatic heterocycles. The van der Waals surface area contributed by atoms with E-state index in [1.807, 2.05) is 18.2 Å². The summed E-state index contributed by atoms with van der Waals surface area (Å²) in [5.74, 6) is 1.01. The lowest BCUT2D eigenvalue weighted by Gasteiger charge is -2.13. The van der Waals surface area contributed by atoms with Crippen LogP contribution in [0, 0.1) is 11.7 Å². The highest BCUT2D eigenvalue weighted by Gasteiger charge is 2.11. The first kappa shape index (κ1) is 11.9. The molecule has 0 saturated carbocycles. The third kappa shape index (κ3) is 3.43. The molecule has 1 heterocycles. The summed E-state index contributed by atoms with van der Waals surface area (Å²) >= 11 is 0. The highest BCUT2D eigenvalue weighted by Crippen LogP contribution is 2.15. The van der Waals surface area contributed by atoms with Crippen LogP contribution in [0.2, 0.25) is 0 Å². The number of benzene rings is 1. The van der Waals surface area contributed by atoms with Gasteiger partial charge < -0.3 is 10.2 Å². The van der Waals surface area contributed by atoms with Gasteiger partial charge >= 0.3 is 0 Å². The Morgan fingerprint density at radius 1 is 1.18 bits per heavy atom. The molecule has 0 aliphatic carbocycles. The van der Waals surface area contributed by atoms with Crippen LogP contribution in [-0.4, -0.2) is 6.54 Å². The summed E-state index contributed by atoms with van der Waals surface area (Å²) in [6.45, 7) is 0.567. The zero-order valence-corrected chi connectivity index (χ0v) is 9.60. The van der Waals surface area contributed by atoms with E-state index in [2.05, 4.69) is 0 Å². The summed E-state index contributed by atoms with van der Waals surface area (Å²) in [5, 5.41) is 0. The van der Waals surface area contributed by atoms with Crippen molar-refractivity contribution in [3.8, 4) is 0 Å². The van der Waals surface area contributed by atoms with Crippen LogP contribution in [-0.2, 0) is 12.8 Å². The molecular formula is C14H16FNO. The lowest BCUT2D eigenvalue weighted by molar-refractivity contribution is 0.440. The SMILES string of the molecule is NCC(Cc1cccc(F)c1)Cc1ccco1. The Hall–Kier alpha value is -1.61. The zero-order valence-electron chi connectivity index (χ0n) is 9.60. The fraction of sp³-hybridized carbons (Fsp3) is 0.286. The van der Waals surface area contributed by atoms with Gasteiger partial charge in [-0.25, -0.2) is 4.39 Å². The van der Waals surface area contributed by atoms with E-state index in [1.54, 1.807) is 18.4 Å². The van der Waals surface area contributed by atoms with Crippen LogP contribution in [0.25, 0.3) is 0 Å². The molecule has 0 saturated heterocycles. The lowest BCUT2D eigenvalue weighted by atomic mass is 9.95. The molecule has 90 valence electrons. The minimum atomic E-state index is -0.198. The van der Waals surface area contributed by atoms with Crippen LogP contribution in [0.15, 0.2) is 47.1 Å². The summed E-state index contributed by atoms with van der Waals surface area (Å²) < 4.78 is 18.3. The Balaban J connectivity index is 2.00. The minimum Gasteiger partial charge on any atom is -0.469 e. The number of rotatable bonds is 5. The molecule has 3 heteroatoms. The molecule has 2 rings (SSSR count). The van der Waals surface area contributed by atoms with Crippen LogP contribution in [0.3, 0.4) is 0 Å². The van der Waals surface area contributed by atoms with Crippen LogP contribution in [0.4, 0.5) is 4.39 Å². The molecule has 0 bridgehead atoms.